The summed E-state index contributed by atoms with van der Waals surface area (Å²) < 4.78 is 21.3. The zero-order valence-corrected chi connectivity index (χ0v) is 19.9. The highest BCUT2D eigenvalue weighted by Gasteiger charge is 2.13. The van der Waals surface area contributed by atoms with Crippen LogP contribution < -0.4 is 24.8 Å². The maximum atomic E-state index is 5.40. The maximum Gasteiger partial charge on any atom is 0.203 e. The second-order valence-corrected chi connectivity index (χ2v) is 6.07. The predicted molar refractivity (Wildman–Crippen MR) is 126 cm³/mol. The van der Waals surface area contributed by atoms with Crippen molar-refractivity contribution < 1.29 is 18.9 Å². The molecule has 8 heteroatoms. The Balaban J connectivity index is 0.00000420. The molecule has 29 heavy (non-hydrogen) atoms. The number of rotatable bonds is 9. The van der Waals surface area contributed by atoms with Crippen molar-refractivity contribution in [3.63, 3.8) is 0 Å². The first-order valence-corrected chi connectivity index (χ1v) is 8.95. The van der Waals surface area contributed by atoms with Crippen LogP contribution in [0.3, 0.4) is 0 Å². The van der Waals surface area contributed by atoms with Gasteiger partial charge < -0.3 is 29.6 Å². The normalized spacial score (nSPS) is 10.7. The van der Waals surface area contributed by atoms with Crippen LogP contribution in [0.2, 0.25) is 0 Å². The molecule has 0 aliphatic heterocycles. The molecule has 0 amide bonds. The van der Waals surface area contributed by atoms with E-state index in [-0.39, 0.29) is 24.0 Å². The summed E-state index contributed by atoms with van der Waals surface area (Å²) in [4.78, 5) is 4.28. The molecule has 0 unspecified atom stereocenters. The summed E-state index contributed by atoms with van der Waals surface area (Å²) in [5.41, 5.74) is 3.28. The number of benzene rings is 2. The largest absolute Gasteiger partial charge is 0.493 e. The highest BCUT2D eigenvalue weighted by Crippen LogP contribution is 2.38. The quantitative estimate of drug-likeness (QED) is 0.303. The molecule has 160 valence electrons. The number of nitrogens with one attached hydrogen (secondary N) is 2. The molecule has 0 heterocycles. The molecule has 0 radical (unpaired) electrons. The topological polar surface area (TPSA) is 73.3 Å². The monoisotopic (exact) mass is 515 g/mol. The summed E-state index contributed by atoms with van der Waals surface area (Å²) in [6.07, 6.45) is 0. The Bertz CT molecular complexity index is 774. The summed E-state index contributed by atoms with van der Waals surface area (Å²) in [6.45, 7) is 1.81. The molecule has 2 N–H and O–H groups in total. The molecule has 2 aromatic rings. The van der Waals surface area contributed by atoms with Gasteiger partial charge >= 0.3 is 0 Å². The van der Waals surface area contributed by atoms with Crippen molar-refractivity contribution in [3.8, 4) is 17.2 Å². The minimum Gasteiger partial charge on any atom is -0.493 e. The van der Waals surface area contributed by atoms with E-state index in [1.165, 1.54) is 0 Å². The van der Waals surface area contributed by atoms with Gasteiger partial charge in [-0.25, -0.2) is 0 Å². The number of hydrogen-bond acceptors (Lipinski definition) is 5. The molecule has 0 fully saturated rings. The predicted octanol–water partition coefficient (Wildman–Crippen LogP) is 3.34. The van der Waals surface area contributed by atoms with Gasteiger partial charge in [0, 0.05) is 27.2 Å². The lowest BCUT2D eigenvalue weighted by Gasteiger charge is -2.16. The van der Waals surface area contributed by atoms with Gasteiger partial charge in [0.2, 0.25) is 5.75 Å². The summed E-state index contributed by atoms with van der Waals surface area (Å²) >= 11 is 0. The molecular weight excluding hydrogens is 485 g/mol. The highest BCUT2D eigenvalue weighted by molar-refractivity contribution is 14.0. The third-order valence-corrected chi connectivity index (χ3v) is 4.17. The summed E-state index contributed by atoms with van der Waals surface area (Å²) in [6, 6.07) is 12.1. The van der Waals surface area contributed by atoms with Gasteiger partial charge in [-0.3, -0.25) is 4.99 Å². The fourth-order valence-electron chi connectivity index (χ4n) is 2.83. The standard InChI is InChI=1S/C21H29N3O4.HI/c1-22-21(23-12-15-7-6-8-16(9-15)14-25-2)24-13-17-10-18(26-3)20(28-5)19(11-17)27-4;/h6-11H,12-14H2,1-5H3,(H2,22,23,24);1H. The van der Waals surface area contributed by atoms with Crippen LogP contribution in [0.4, 0.5) is 0 Å². The van der Waals surface area contributed by atoms with Crippen molar-refractivity contribution in [1.29, 1.82) is 0 Å². The number of halogens is 1. The average Bonchev–Trinajstić information content (AvgIpc) is 2.73. The lowest BCUT2D eigenvalue weighted by Crippen LogP contribution is -2.36. The Labute approximate surface area is 189 Å². The Kier molecular flexibility index (Phi) is 11.2. The smallest absolute Gasteiger partial charge is 0.203 e. The molecule has 7 nitrogen and oxygen atoms in total. The van der Waals surface area contributed by atoms with E-state index < -0.39 is 0 Å². The van der Waals surface area contributed by atoms with E-state index in [1.807, 2.05) is 24.3 Å². The minimum atomic E-state index is 0. The highest BCUT2D eigenvalue weighted by atomic mass is 127. The van der Waals surface area contributed by atoms with Crippen LogP contribution in [0.1, 0.15) is 16.7 Å². The van der Waals surface area contributed by atoms with Crippen molar-refractivity contribution >= 4 is 29.9 Å². The van der Waals surface area contributed by atoms with Crippen molar-refractivity contribution in [3.05, 3.63) is 53.1 Å². The van der Waals surface area contributed by atoms with Crippen molar-refractivity contribution in [2.24, 2.45) is 4.99 Å². The Morgan fingerprint density at radius 3 is 1.93 bits per heavy atom. The van der Waals surface area contributed by atoms with Gasteiger partial charge in [-0.2, -0.15) is 0 Å². The zero-order chi connectivity index (χ0) is 20.4. The van der Waals surface area contributed by atoms with Crippen LogP contribution >= 0.6 is 24.0 Å². The van der Waals surface area contributed by atoms with E-state index >= 15 is 0 Å². The van der Waals surface area contributed by atoms with Crippen LogP contribution in [0, 0.1) is 0 Å². The Morgan fingerprint density at radius 2 is 1.41 bits per heavy atom. The van der Waals surface area contributed by atoms with E-state index in [0.29, 0.717) is 42.9 Å². The molecule has 0 spiro atoms. The lowest BCUT2D eigenvalue weighted by molar-refractivity contribution is 0.185. The van der Waals surface area contributed by atoms with Crippen LogP contribution in [-0.2, 0) is 24.4 Å². The first-order chi connectivity index (χ1) is 13.6. The minimum absolute atomic E-state index is 0. The van der Waals surface area contributed by atoms with E-state index in [2.05, 4.69) is 27.8 Å². The fourth-order valence-corrected chi connectivity index (χ4v) is 2.83. The van der Waals surface area contributed by atoms with Gasteiger partial charge in [-0.15, -0.1) is 24.0 Å². The van der Waals surface area contributed by atoms with Gasteiger partial charge in [-0.1, -0.05) is 24.3 Å². The molecule has 2 rings (SSSR count). The van der Waals surface area contributed by atoms with Crippen molar-refractivity contribution in [2.75, 3.05) is 35.5 Å². The van der Waals surface area contributed by atoms with Crippen LogP contribution in [0.25, 0.3) is 0 Å². The number of hydrogen-bond donors (Lipinski definition) is 2. The summed E-state index contributed by atoms with van der Waals surface area (Å²) in [5, 5.41) is 6.61. The molecule has 2 aromatic carbocycles. The van der Waals surface area contributed by atoms with E-state index in [1.54, 1.807) is 35.5 Å². The molecule has 0 aromatic heterocycles. The molecule has 0 saturated heterocycles. The Morgan fingerprint density at radius 1 is 0.828 bits per heavy atom. The number of guanidine groups is 1. The van der Waals surface area contributed by atoms with Gasteiger partial charge in [0.15, 0.2) is 17.5 Å². The number of aliphatic imine (C=N–C) groups is 1. The van der Waals surface area contributed by atoms with Crippen molar-refractivity contribution in [1.82, 2.24) is 10.6 Å². The third-order valence-electron chi connectivity index (χ3n) is 4.17. The fraction of sp³-hybridized carbons (Fsp3) is 0.381. The number of nitrogens with zero attached hydrogens (tertiary/aromatic N) is 1. The molecule has 0 saturated carbocycles. The molecular formula is C21H30IN3O4. The van der Waals surface area contributed by atoms with E-state index in [0.717, 1.165) is 16.7 Å². The van der Waals surface area contributed by atoms with Crippen LogP contribution in [-0.4, -0.2) is 41.4 Å². The Hall–Kier alpha value is -2.20. The lowest BCUT2D eigenvalue weighted by atomic mass is 10.1. The third kappa shape index (κ3) is 7.28. The van der Waals surface area contributed by atoms with Gasteiger partial charge in [0.05, 0.1) is 27.9 Å². The van der Waals surface area contributed by atoms with Gasteiger partial charge in [0.25, 0.3) is 0 Å². The van der Waals surface area contributed by atoms with E-state index in [9.17, 15) is 0 Å². The van der Waals surface area contributed by atoms with Gasteiger partial charge in [-0.05, 0) is 28.8 Å². The first kappa shape index (κ1) is 24.8. The summed E-state index contributed by atoms with van der Waals surface area (Å²) in [5.74, 6) is 2.52. The number of methoxy groups -OCH3 is 4. The summed E-state index contributed by atoms with van der Waals surface area (Å²) in [7, 11) is 8.23. The first-order valence-electron chi connectivity index (χ1n) is 8.95. The van der Waals surface area contributed by atoms with E-state index in [4.69, 9.17) is 18.9 Å². The van der Waals surface area contributed by atoms with Crippen molar-refractivity contribution in [2.45, 2.75) is 19.7 Å². The van der Waals surface area contributed by atoms with Crippen LogP contribution in [0.5, 0.6) is 17.2 Å². The molecule has 0 aliphatic carbocycles. The number of ether oxygens (including phenoxy) is 4. The average molecular weight is 515 g/mol. The molecule has 0 atom stereocenters. The second kappa shape index (κ2) is 13.1. The van der Waals surface area contributed by atoms with Gasteiger partial charge in [0.1, 0.15) is 0 Å². The molecule has 0 aliphatic rings. The zero-order valence-electron chi connectivity index (χ0n) is 17.6. The second-order valence-electron chi connectivity index (χ2n) is 6.07. The van der Waals surface area contributed by atoms with Crippen LogP contribution in [0.15, 0.2) is 41.4 Å². The maximum absolute atomic E-state index is 5.40. The molecule has 0 bridgehead atoms. The SMILES string of the molecule is CN=C(NCc1cccc(COC)c1)NCc1cc(OC)c(OC)c(OC)c1.I.